The maximum absolute atomic E-state index is 14.4. The Morgan fingerprint density at radius 3 is 2.27 bits per heavy atom. The van der Waals surface area contributed by atoms with Gasteiger partial charge in [0.25, 0.3) is 5.91 Å². The van der Waals surface area contributed by atoms with Gasteiger partial charge in [0.2, 0.25) is 27.7 Å². The van der Waals surface area contributed by atoms with Crippen molar-refractivity contribution >= 4 is 44.6 Å². The van der Waals surface area contributed by atoms with E-state index in [1.54, 1.807) is 39.7 Å². The molecule has 0 spiro atoms. The van der Waals surface area contributed by atoms with Gasteiger partial charge in [-0.3, -0.25) is 19.1 Å². The van der Waals surface area contributed by atoms with Crippen LogP contribution >= 0.6 is 0 Å². The summed E-state index contributed by atoms with van der Waals surface area (Å²) in [5.74, 6) is -0.247. The maximum Gasteiger partial charge on any atom is 0.405 e. The average Bonchev–Trinajstić information content (AvgIpc) is 4.08. The van der Waals surface area contributed by atoms with Gasteiger partial charge in [-0.25, -0.2) is 18.2 Å². The van der Waals surface area contributed by atoms with Crippen LogP contribution in [0.15, 0.2) is 60.7 Å². The molecular formula is C49H73N5O9S. The van der Waals surface area contributed by atoms with Crippen LogP contribution < -0.4 is 25.2 Å². The Morgan fingerprint density at radius 2 is 1.67 bits per heavy atom. The van der Waals surface area contributed by atoms with Gasteiger partial charge in [0.15, 0.2) is 0 Å². The fraction of sp³-hybridized carbons (Fsp3) is 0.571. The highest BCUT2D eigenvalue weighted by Crippen LogP contribution is 2.48. The number of nitrogens with zero attached hydrogens (tertiary/aromatic N) is 2. The number of amides is 4. The van der Waals surface area contributed by atoms with Crippen molar-refractivity contribution in [1.29, 1.82) is 0 Å². The normalized spacial score (nSPS) is 26.3. The van der Waals surface area contributed by atoms with Crippen molar-refractivity contribution in [3.8, 4) is 22.9 Å². The van der Waals surface area contributed by atoms with E-state index in [0.717, 1.165) is 35.6 Å². The Labute approximate surface area is 382 Å². The number of allylic oxidation sites excluding steroid dienone is 1. The number of rotatable bonds is 7. The molecule has 3 aromatic rings. The SMILES string of the molecule is CC(C)(C)OC(N)=O.COc1ccc2c(O[C@@H]3C[C@H]4C(=O)N[C@]5(C(=O)NS(=O)(=O)C6(C)CC6)C[C@H]5/C=C\CC[C@@H](C)C[C@@H](C)CC(=O)N4C3)nc(-c3ccc(C(C)(C)C)cc3)cc2c1.[HH].[HH].[HH]. The second kappa shape index (κ2) is 18.4. The molecule has 3 fully saturated rings. The number of benzene rings is 2. The quantitative estimate of drug-likeness (QED) is 0.194. The van der Waals surface area contributed by atoms with E-state index in [0.29, 0.717) is 36.1 Å². The molecule has 1 aromatic heterocycles. The van der Waals surface area contributed by atoms with Gasteiger partial charge in [0, 0.05) is 34.0 Å². The van der Waals surface area contributed by atoms with Gasteiger partial charge in [-0.2, -0.15) is 0 Å². The van der Waals surface area contributed by atoms with E-state index >= 15 is 0 Å². The number of primary amides is 1. The molecule has 354 valence electrons. The number of nitrogens with two attached hydrogens (primary N) is 1. The van der Waals surface area contributed by atoms with Crippen molar-refractivity contribution in [1.82, 2.24) is 19.9 Å². The summed E-state index contributed by atoms with van der Waals surface area (Å²) < 4.78 is 44.5. The summed E-state index contributed by atoms with van der Waals surface area (Å²) in [5.41, 5.74) is 5.64. The molecule has 2 aliphatic carbocycles. The Bertz CT molecular complexity index is 2400. The summed E-state index contributed by atoms with van der Waals surface area (Å²) in [4.78, 5) is 59.0. The van der Waals surface area contributed by atoms with Crippen molar-refractivity contribution < 1.29 is 46.1 Å². The number of pyridine rings is 1. The molecule has 7 rings (SSSR count). The number of hydrogen-bond acceptors (Lipinski definition) is 10. The Hall–Kier alpha value is -5.18. The molecule has 0 radical (unpaired) electrons. The first-order valence-corrected chi connectivity index (χ1v) is 23.9. The Balaban J connectivity index is 0.000000993. The van der Waals surface area contributed by atoms with E-state index in [1.165, 1.54) is 5.56 Å². The minimum atomic E-state index is -3.94. The zero-order chi connectivity index (χ0) is 47.0. The van der Waals surface area contributed by atoms with E-state index in [9.17, 15) is 27.6 Å². The molecular weight excluding hydrogens is 835 g/mol. The predicted molar refractivity (Wildman–Crippen MR) is 253 cm³/mol. The molecule has 4 N–H and O–H groups in total. The summed E-state index contributed by atoms with van der Waals surface area (Å²) in [6.45, 7) is 17.8. The largest absolute Gasteiger partial charge is 0.497 e. The third kappa shape index (κ3) is 11.4. The first-order chi connectivity index (χ1) is 29.8. The van der Waals surface area contributed by atoms with Crippen LogP contribution in [0.5, 0.6) is 11.6 Å². The first kappa shape index (κ1) is 48.3. The van der Waals surface area contributed by atoms with Gasteiger partial charge < -0.3 is 30.2 Å². The lowest BCUT2D eigenvalue weighted by Gasteiger charge is -2.28. The van der Waals surface area contributed by atoms with Crippen molar-refractivity contribution in [2.24, 2.45) is 23.5 Å². The lowest BCUT2D eigenvalue weighted by Crippen LogP contribution is -2.57. The summed E-state index contributed by atoms with van der Waals surface area (Å²) in [5, 5.41) is 4.60. The Kier molecular flexibility index (Phi) is 13.9. The molecule has 4 aliphatic rings. The van der Waals surface area contributed by atoms with Crippen molar-refractivity contribution in [3.63, 3.8) is 0 Å². The summed E-state index contributed by atoms with van der Waals surface area (Å²) in [7, 11) is -2.32. The number of carbonyl (C=O) groups excluding carboxylic acids is 4. The number of hydrogen-bond donors (Lipinski definition) is 3. The van der Waals surface area contributed by atoms with E-state index in [4.69, 9.17) is 20.2 Å². The average molecular weight is 908 g/mol. The van der Waals surface area contributed by atoms with E-state index in [2.05, 4.69) is 73.7 Å². The summed E-state index contributed by atoms with van der Waals surface area (Å²) >= 11 is 0. The van der Waals surface area contributed by atoms with Gasteiger partial charge in [0.05, 0.1) is 24.1 Å². The highest BCUT2D eigenvalue weighted by atomic mass is 32.2. The van der Waals surface area contributed by atoms with Crippen molar-refractivity contribution in [2.75, 3.05) is 13.7 Å². The molecule has 6 atom stereocenters. The summed E-state index contributed by atoms with van der Waals surface area (Å²) in [6.07, 6.45) is 6.85. The van der Waals surface area contributed by atoms with Crippen LogP contribution in [0.4, 0.5) is 4.79 Å². The smallest absolute Gasteiger partial charge is 0.405 e. The minimum Gasteiger partial charge on any atom is -0.497 e. The highest BCUT2D eigenvalue weighted by molar-refractivity contribution is 7.91. The van der Waals surface area contributed by atoms with Crippen LogP contribution in [0.25, 0.3) is 22.0 Å². The number of aromatic nitrogens is 1. The molecule has 14 nitrogen and oxygen atoms in total. The molecule has 1 saturated heterocycles. The van der Waals surface area contributed by atoms with Crippen LogP contribution in [0.3, 0.4) is 0 Å². The molecule has 15 heteroatoms. The monoisotopic (exact) mass is 908 g/mol. The van der Waals surface area contributed by atoms with Gasteiger partial charge in [-0.15, -0.1) is 0 Å². The zero-order valence-electron chi connectivity index (χ0n) is 39.1. The fourth-order valence-corrected chi connectivity index (χ4v) is 9.90. The number of sulfonamides is 1. The molecule has 2 aromatic carbocycles. The molecule has 0 unspecified atom stereocenters. The number of carbonyl (C=O) groups is 4. The second-order valence-electron chi connectivity index (χ2n) is 20.6. The molecule has 2 aliphatic heterocycles. The van der Waals surface area contributed by atoms with Crippen LogP contribution in [-0.4, -0.2) is 83.8 Å². The van der Waals surface area contributed by atoms with Crippen molar-refractivity contribution in [2.45, 2.75) is 147 Å². The maximum atomic E-state index is 14.4. The number of fused-ring (bicyclic) bond motifs is 3. The topological polar surface area (TPSA) is 196 Å². The molecule has 64 heavy (non-hydrogen) atoms. The predicted octanol–water partition coefficient (Wildman–Crippen LogP) is 8.45. The minimum absolute atomic E-state index is 0. The fourth-order valence-electron chi connectivity index (χ4n) is 8.59. The van der Waals surface area contributed by atoms with E-state index in [1.807, 2.05) is 36.4 Å². The van der Waals surface area contributed by atoms with Crippen LogP contribution in [-0.2, 0) is 34.6 Å². The third-order valence-electron chi connectivity index (χ3n) is 12.7. The zero-order valence-corrected chi connectivity index (χ0v) is 39.9. The van der Waals surface area contributed by atoms with E-state index in [-0.39, 0.29) is 53.2 Å². The molecule has 4 amide bonds. The van der Waals surface area contributed by atoms with Gasteiger partial charge in [-0.05, 0) is 119 Å². The van der Waals surface area contributed by atoms with Gasteiger partial charge in [0.1, 0.15) is 29.0 Å². The molecule has 2 saturated carbocycles. The first-order valence-electron chi connectivity index (χ1n) is 22.4. The Morgan fingerprint density at radius 1 is 0.984 bits per heavy atom. The lowest BCUT2D eigenvalue weighted by atomic mass is 9.86. The second-order valence-corrected chi connectivity index (χ2v) is 22.8. The van der Waals surface area contributed by atoms with Crippen LogP contribution in [0.2, 0.25) is 0 Å². The van der Waals surface area contributed by atoms with Gasteiger partial charge in [-0.1, -0.05) is 71.0 Å². The number of ether oxygens (including phenoxy) is 3. The van der Waals surface area contributed by atoms with E-state index < -0.39 is 56.0 Å². The third-order valence-corrected chi connectivity index (χ3v) is 14.9. The standard InChI is InChI=1S/C44H56N4O7S.C5H11NO2.3H2/c1-27-10-8-9-11-32-25-44(32,41(51)47-56(52,53)43(6)18-19-43)46-39(50)37-24-34(26-48(37)38(49)21-28(2)20-27)55-40-35-17-16-33(54-7)22-30(35)23-36(45-40)29-12-14-31(15-13-29)42(3,4)5;1-5(2,3)8-4(6)7;;;/h9,11-17,22-23,27-28,32,34,37H,8,10,18-21,24-26H2,1-7H3,(H,46,50)(H,47,51);1-3H3,(H2,6,7);3*1H/b11-9-;;;;/t27-,28-,32-,34-,37+,44-;;;;/m1..../s1. The number of methoxy groups -OCH3 is 1. The van der Waals surface area contributed by atoms with Crippen molar-refractivity contribution in [3.05, 3.63) is 66.2 Å². The van der Waals surface area contributed by atoms with Crippen LogP contribution in [0.1, 0.15) is 124 Å². The molecule has 0 bridgehead atoms. The highest BCUT2D eigenvalue weighted by Gasteiger charge is 2.63. The van der Waals surface area contributed by atoms with Gasteiger partial charge >= 0.3 is 6.09 Å². The molecule has 3 heterocycles. The number of nitrogens with one attached hydrogen (secondary N) is 2. The van der Waals surface area contributed by atoms with Crippen LogP contribution in [0, 0.1) is 17.8 Å². The summed E-state index contributed by atoms with van der Waals surface area (Å²) in [6, 6.07) is 15.1. The lowest BCUT2D eigenvalue weighted by molar-refractivity contribution is -0.140.